The molecule has 0 amide bonds. The fourth-order valence-corrected chi connectivity index (χ4v) is 1.24. The summed E-state index contributed by atoms with van der Waals surface area (Å²) in [7, 11) is 0. The molecule has 0 aliphatic heterocycles. The molecule has 0 aromatic rings. The number of nitrogens with one attached hydrogen (secondary N) is 2. The Morgan fingerprint density at radius 2 is 1.78 bits per heavy atom. The molecule has 0 bridgehead atoms. The lowest BCUT2D eigenvalue weighted by molar-refractivity contribution is -0.173. The molecule has 0 spiro atoms. The second kappa shape index (κ2) is 7.96. The molecule has 6 heteroatoms. The largest absolute Gasteiger partial charge is 0.411 e. The first-order valence-corrected chi connectivity index (χ1v) is 6.23. The maximum absolute atomic E-state index is 11.8. The lowest BCUT2D eigenvalue weighted by Gasteiger charge is -2.24. The Bertz CT molecular complexity index is 214. The molecule has 0 radical (unpaired) electrons. The maximum atomic E-state index is 11.8. The molecule has 0 saturated heterocycles. The summed E-state index contributed by atoms with van der Waals surface area (Å²) in [4.78, 5) is 0. The van der Waals surface area contributed by atoms with Crippen LogP contribution in [0.15, 0.2) is 0 Å². The third-order valence-corrected chi connectivity index (χ3v) is 2.16. The smallest absolute Gasteiger partial charge is 0.372 e. The number of rotatable bonds is 8. The fourth-order valence-electron chi connectivity index (χ4n) is 1.24. The Balaban J connectivity index is 3.38. The Hall–Kier alpha value is -0.330. The molecule has 1 unspecified atom stereocenters. The molecule has 0 saturated carbocycles. The van der Waals surface area contributed by atoms with Crippen LogP contribution in [0, 0.1) is 0 Å². The van der Waals surface area contributed by atoms with Crippen molar-refractivity contribution in [2.75, 3.05) is 26.3 Å². The van der Waals surface area contributed by atoms with E-state index in [1.165, 1.54) is 0 Å². The van der Waals surface area contributed by atoms with Crippen LogP contribution in [-0.4, -0.2) is 44.1 Å². The van der Waals surface area contributed by atoms with Gasteiger partial charge in [0.05, 0.1) is 0 Å². The van der Waals surface area contributed by atoms with Gasteiger partial charge in [-0.3, -0.25) is 0 Å². The van der Waals surface area contributed by atoms with Crippen LogP contribution >= 0.6 is 0 Å². The van der Waals surface area contributed by atoms with Crippen LogP contribution in [0.4, 0.5) is 13.2 Å². The molecule has 0 rings (SSSR count). The molecule has 0 fully saturated rings. The van der Waals surface area contributed by atoms with Gasteiger partial charge >= 0.3 is 6.18 Å². The van der Waals surface area contributed by atoms with Gasteiger partial charge in [-0.1, -0.05) is 0 Å². The fraction of sp³-hybridized carbons (Fsp3) is 1.00. The predicted molar refractivity (Wildman–Crippen MR) is 66.7 cm³/mol. The molecule has 0 aliphatic carbocycles. The van der Waals surface area contributed by atoms with E-state index in [1.54, 1.807) is 0 Å². The van der Waals surface area contributed by atoms with Crippen LogP contribution in [0.3, 0.4) is 0 Å². The molecule has 0 aromatic carbocycles. The minimum atomic E-state index is -4.22. The third-order valence-electron chi connectivity index (χ3n) is 2.16. The van der Waals surface area contributed by atoms with Crippen LogP contribution in [0.25, 0.3) is 0 Å². The highest BCUT2D eigenvalue weighted by atomic mass is 19.4. The summed E-state index contributed by atoms with van der Waals surface area (Å²) >= 11 is 0. The van der Waals surface area contributed by atoms with Gasteiger partial charge in [-0.2, -0.15) is 13.2 Å². The molecule has 2 N–H and O–H groups in total. The highest BCUT2D eigenvalue weighted by Crippen LogP contribution is 2.14. The molecule has 3 nitrogen and oxygen atoms in total. The summed E-state index contributed by atoms with van der Waals surface area (Å²) in [5.74, 6) is 0. The van der Waals surface area contributed by atoms with E-state index in [1.807, 2.05) is 6.92 Å². The topological polar surface area (TPSA) is 33.3 Å². The van der Waals surface area contributed by atoms with Crippen LogP contribution in [0.5, 0.6) is 0 Å². The first kappa shape index (κ1) is 17.7. The number of hydrogen-bond donors (Lipinski definition) is 2. The lowest BCUT2D eigenvalue weighted by atomic mass is 10.1. The zero-order chi connectivity index (χ0) is 14.2. The van der Waals surface area contributed by atoms with Gasteiger partial charge in [-0.15, -0.1) is 0 Å². The summed E-state index contributed by atoms with van der Waals surface area (Å²) in [6, 6.07) is 0.284. The Morgan fingerprint density at radius 1 is 1.17 bits per heavy atom. The standard InChI is InChI=1S/C12H25F3N2O/c1-10(8-17-11(2,3)4)16-6-5-7-18-9-12(13,14)15/h10,16-17H,5-9H2,1-4H3. The van der Waals surface area contributed by atoms with Crippen LogP contribution in [-0.2, 0) is 4.74 Å². The monoisotopic (exact) mass is 270 g/mol. The number of hydrogen-bond acceptors (Lipinski definition) is 3. The highest BCUT2D eigenvalue weighted by molar-refractivity contribution is 4.74. The molecule has 110 valence electrons. The van der Waals surface area contributed by atoms with Crippen molar-refractivity contribution in [3.05, 3.63) is 0 Å². The molecular weight excluding hydrogens is 245 g/mol. The molecular formula is C12H25F3N2O. The Morgan fingerprint density at radius 3 is 2.28 bits per heavy atom. The average molecular weight is 270 g/mol. The van der Waals surface area contributed by atoms with E-state index in [4.69, 9.17) is 0 Å². The second-order valence-corrected chi connectivity index (χ2v) is 5.51. The van der Waals surface area contributed by atoms with Gasteiger partial charge in [0.15, 0.2) is 0 Å². The van der Waals surface area contributed by atoms with Gasteiger partial charge in [0.1, 0.15) is 6.61 Å². The Labute approximate surface area is 107 Å². The SMILES string of the molecule is CC(CNC(C)(C)C)NCCCOCC(F)(F)F. The van der Waals surface area contributed by atoms with E-state index in [9.17, 15) is 13.2 Å². The van der Waals surface area contributed by atoms with Crippen LogP contribution in [0.1, 0.15) is 34.1 Å². The first-order chi connectivity index (χ1) is 8.10. The number of halogens is 3. The van der Waals surface area contributed by atoms with E-state index in [0.717, 1.165) is 6.54 Å². The summed E-state index contributed by atoms with van der Waals surface area (Å²) in [5, 5.41) is 6.58. The van der Waals surface area contributed by atoms with Crippen molar-refractivity contribution in [2.45, 2.75) is 51.9 Å². The summed E-state index contributed by atoms with van der Waals surface area (Å²) in [6.07, 6.45) is -3.65. The Kier molecular flexibility index (Phi) is 7.82. The first-order valence-electron chi connectivity index (χ1n) is 6.23. The molecule has 18 heavy (non-hydrogen) atoms. The molecule has 0 aromatic heterocycles. The van der Waals surface area contributed by atoms with E-state index >= 15 is 0 Å². The highest BCUT2D eigenvalue weighted by Gasteiger charge is 2.27. The summed E-state index contributed by atoms with van der Waals surface area (Å²) in [6.45, 7) is 8.76. The van der Waals surface area contributed by atoms with Crippen molar-refractivity contribution >= 4 is 0 Å². The lowest BCUT2D eigenvalue weighted by Crippen LogP contribution is -2.44. The van der Waals surface area contributed by atoms with E-state index in [2.05, 4.69) is 36.1 Å². The maximum Gasteiger partial charge on any atom is 0.411 e. The van der Waals surface area contributed by atoms with Crippen LogP contribution < -0.4 is 10.6 Å². The molecule has 1 atom stereocenters. The number of alkyl halides is 3. The van der Waals surface area contributed by atoms with Gasteiger partial charge in [-0.05, 0) is 40.7 Å². The third kappa shape index (κ3) is 13.7. The van der Waals surface area contributed by atoms with Gasteiger partial charge in [0.25, 0.3) is 0 Å². The quantitative estimate of drug-likeness (QED) is 0.664. The van der Waals surface area contributed by atoms with Crippen molar-refractivity contribution in [1.82, 2.24) is 10.6 Å². The van der Waals surface area contributed by atoms with Crippen molar-refractivity contribution in [2.24, 2.45) is 0 Å². The normalized spacial score (nSPS) is 14.8. The number of ether oxygens (including phenoxy) is 1. The summed E-state index contributed by atoms with van der Waals surface area (Å²) < 4.78 is 39.8. The van der Waals surface area contributed by atoms with Gasteiger partial charge in [-0.25, -0.2) is 0 Å². The molecule has 0 heterocycles. The van der Waals surface area contributed by atoms with Crippen LogP contribution in [0.2, 0.25) is 0 Å². The van der Waals surface area contributed by atoms with Crippen molar-refractivity contribution < 1.29 is 17.9 Å². The molecule has 0 aliphatic rings. The average Bonchev–Trinajstić information content (AvgIpc) is 2.17. The second-order valence-electron chi connectivity index (χ2n) is 5.51. The minimum absolute atomic E-state index is 0.0752. The van der Waals surface area contributed by atoms with Gasteiger partial charge in [0.2, 0.25) is 0 Å². The zero-order valence-corrected chi connectivity index (χ0v) is 11.7. The van der Waals surface area contributed by atoms with Gasteiger partial charge < -0.3 is 15.4 Å². The van der Waals surface area contributed by atoms with Crippen molar-refractivity contribution in [3.8, 4) is 0 Å². The van der Waals surface area contributed by atoms with Crippen molar-refractivity contribution in [1.29, 1.82) is 0 Å². The van der Waals surface area contributed by atoms with E-state index in [-0.39, 0.29) is 18.2 Å². The summed E-state index contributed by atoms with van der Waals surface area (Å²) in [5.41, 5.74) is 0.0752. The van der Waals surface area contributed by atoms with Crippen molar-refractivity contribution in [3.63, 3.8) is 0 Å². The van der Waals surface area contributed by atoms with Gasteiger partial charge in [0, 0.05) is 24.7 Å². The van der Waals surface area contributed by atoms with E-state index in [0.29, 0.717) is 13.0 Å². The zero-order valence-electron chi connectivity index (χ0n) is 11.7. The predicted octanol–water partition coefficient (Wildman–Crippen LogP) is 2.32. The van der Waals surface area contributed by atoms with E-state index < -0.39 is 12.8 Å². The minimum Gasteiger partial charge on any atom is -0.372 e.